The molecule has 0 bridgehead atoms. The molecule has 5 nitrogen and oxygen atoms in total. The van der Waals surface area contributed by atoms with E-state index in [0.29, 0.717) is 37.9 Å². The summed E-state index contributed by atoms with van der Waals surface area (Å²) in [5.41, 5.74) is 1.81. The SMILES string of the molecule is Cc1cncc(-c2ncc(F)c(N3CCOCC3)n2)c1. The highest BCUT2D eigenvalue weighted by Gasteiger charge is 2.18. The summed E-state index contributed by atoms with van der Waals surface area (Å²) in [6.07, 6.45) is 4.66. The van der Waals surface area contributed by atoms with Crippen LogP contribution in [0.4, 0.5) is 10.2 Å². The van der Waals surface area contributed by atoms with Crippen LogP contribution in [0, 0.1) is 12.7 Å². The predicted octanol–water partition coefficient (Wildman–Crippen LogP) is 1.82. The maximum atomic E-state index is 13.9. The number of rotatable bonds is 2. The molecule has 1 aliphatic heterocycles. The molecule has 0 aliphatic carbocycles. The number of morpholine rings is 1. The first kappa shape index (κ1) is 12.9. The van der Waals surface area contributed by atoms with Crippen LogP contribution in [0.25, 0.3) is 11.4 Å². The molecule has 2 aromatic heterocycles. The maximum absolute atomic E-state index is 13.9. The Kier molecular flexibility index (Phi) is 3.56. The van der Waals surface area contributed by atoms with Crippen LogP contribution in [0.5, 0.6) is 0 Å². The number of pyridine rings is 1. The molecule has 20 heavy (non-hydrogen) atoms. The molecular formula is C14H15FN4O. The minimum absolute atomic E-state index is 0.333. The lowest BCUT2D eigenvalue weighted by molar-refractivity contribution is 0.122. The smallest absolute Gasteiger partial charge is 0.183 e. The molecule has 0 radical (unpaired) electrons. The maximum Gasteiger partial charge on any atom is 0.183 e. The molecule has 0 spiro atoms. The summed E-state index contributed by atoms with van der Waals surface area (Å²) in [6.45, 7) is 4.40. The average Bonchev–Trinajstić information content (AvgIpc) is 2.48. The van der Waals surface area contributed by atoms with Gasteiger partial charge in [0.15, 0.2) is 17.5 Å². The van der Waals surface area contributed by atoms with Crippen molar-refractivity contribution in [3.05, 3.63) is 36.0 Å². The van der Waals surface area contributed by atoms with E-state index in [2.05, 4.69) is 15.0 Å². The summed E-state index contributed by atoms with van der Waals surface area (Å²) in [7, 11) is 0. The van der Waals surface area contributed by atoms with Crippen molar-refractivity contribution in [1.82, 2.24) is 15.0 Å². The third-order valence-electron chi connectivity index (χ3n) is 3.17. The van der Waals surface area contributed by atoms with Crippen molar-refractivity contribution in [2.75, 3.05) is 31.2 Å². The third-order valence-corrected chi connectivity index (χ3v) is 3.17. The highest BCUT2D eigenvalue weighted by atomic mass is 19.1. The largest absolute Gasteiger partial charge is 0.378 e. The molecule has 6 heteroatoms. The second-order valence-corrected chi connectivity index (χ2v) is 4.72. The van der Waals surface area contributed by atoms with Crippen molar-refractivity contribution < 1.29 is 9.13 Å². The molecule has 0 N–H and O–H groups in total. The molecule has 0 amide bonds. The number of ether oxygens (including phenoxy) is 1. The number of aryl methyl sites for hydroxylation is 1. The fourth-order valence-electron chi connectivity index (χ4n) is 2.17. The van der Waals surface area contributed by atoms with Crippen molar-refractivity contribution in [2.45, 2.75) is 6.92 Å². The third kappa shape index (κ3) is 2.60. The van der Waals surface area contributed by atoms with Gasteiger partial charge in [0.1, 0.15) is 0 Å². The van der Waals surface area contributed by atoms with Crippen LogP contribution in [0.1, 0.15) is 5.56 Å². The zero-order chi connectivity index (χ0) is 13.9. The molecule has 1 saturated heterocycles. The normalized spacial score (nSPS) is 15.4. The van der Waals surface area contributed by atoms with Gasteiger partial charge in [-0.1, -0.05) is 0 Å². The van der Waals surface area contributed by atoms with Gasteiger partial charge < -0.3 is 9.64 Å². The van der Waals surface area contributed by atoms with Gasteiger partial charge in [-0.15, -0.1) is 0 Å². The van der Waals surface area contributed by atoms with Crippen molar-refractivity contribution in [3.8, 4) is 11.4 Å². The van der Waals surface area contributed by atoms with E-state index in [9.17, 15) is 4.39 Å². The van der Waals surface area contributed by atoms with Gasteiger partial charge in [-0.25, -0.2) is 14.4 Å². The van der Waals surface area contributed by atoms with Crippen LogP contribution >= 0.6 is 0 Å². The molecule has 1 aliphatic rings. The second kappa shape index (κ2) is 5.50. The molecule has 3 rings (SSSR count). The van der Waals surface area contributed by atoms with E-state index in [-0.39, 0.29) is 0 Å². The van der Waals surface area contributed by atoms with Crippen LogP contribution in [-0.4, -0.2) is 41.3 Å². The minimum atomic E-state index is -0.406. The van der Waals surface area contributed by atoms with E-state index in [4.69, 9.17) is 4.74 Å². The highest BCUT2D eigenvalue weighted by molar-refractivity contribution is 5.57. The van der Waals surface area contributed by atoms with Gasteiger partial charge in [0.25, 0.3) is 0 Å². The Morgan fingerprint density at radius 1 is 1.20 bits per heavy atom. The summed E-state index contributed by atoms with van der Waals surface area (Å²) < 4.78 is 19.2. The second-order valence-electron chi connectivity index (χ2n) is 4.72. The van der Waals surface area contributed by atoms with E-state index >= 15 is 0 Å². The van der Waals surface area contributed by atoms with Gasteiger partial charge in [0.05, 0.1) is 19.4 Å². The van der Waals surface area contributed by atoms with Crippen molar-refractivity contribution in [3.63, 3.8) is 0 Å². The Morgan fingerprint density at radius 2 is 2.00 bits per heavy atom. The summed E-state index contributed by atoms with van der Waals surface area (Å²) in [4.78, 5) is 14.4. The molecule has 1 fully saturated rings. The quantitative estimate of drug-likeness (QED) is 0.836. The van der Waals surface area contributed by atoms with Gasteiger partial charge >= 0.3 is 0 Å². The Bertz CT molecular complexity index is 614. The number of aromatic nitrogens is 3. The molecular weight excluding hydrogens is 259 g/mol. The van der Waals surface area contributed by atoms with E-state index < -0.39 is 5.82 Å². The zero-order valence-electron chi connectivity index (χ0n) is 11.2. The Labute approximate surface area is 116 Å². The number of hydrogen-bond donors (Lipinski definition) is 0. The van der Waals surface area contributed by atoms with Gasteiger partial charge in [-0.05, 0) is 18.6 Å². The lowest BCUT2D eigenvalue weighted by Gasteiger charge is -2.28. The van der Waals surface area contributed by atoms with Crippen LogP contribution in [0.2, 0.25) is 0 Å². The first-order valence-electron chi connectivity index (χ1n) is 6.51. The van der Waals surface area contributed by atoms with Crippen molar-refractivity contribution in [1.29, 1.82) is 0 Å². The van der Waals surface area contributed by atoms with Crippen molar-refractivity contribution in [2.24, 2.45) is 0 Å². The topological polar surface area (TPSA) is 51.1 Å². The van der Waals surface area contributed by atoms with Crippen molar-refractivity contribution >= 4 is 5.82 Å². The fraction of sp³-hybridized carbons (Fsp3) is 0.357. The molecule has 0 atom stereocenters. The van der Waals surface area contributed by atoms with Gasteiger partial charge in [0, 0.05) is 31.0 Å². The Balaban J connectivity index is 1.97. The molecule has 3 heterocycles. The van der Waals surface area contributed by atoms with Gasteiger partial charge in [-0.2, -0.15) is 0 Å². The van der Waals surface area contributed by atoms with E-state index in [1.54, 1.807) is 12.4 Å². The van der Waals surface area contributed by atoms with Gasteiger partial charge in [-0.3, -0.25) is 4.98 Å². The van der Waals surface area contributed by atoms with Crippen LogP contribution in [0.15, 0.2) is 24.7 Å². The first-order valence-corrected chi connectivity index (χ1v) is 6.51. The number of halogens is 1. The Morgan fingerprint density at radius 3 is 2.75 bits per heavy atom. The number of anilines is 1. The molecule has 0 aromatic carbocycles. The zero-order valence-corrected chi connectivity index (χ0v) is 11.2. The summed E-state index contributed by atoms with van der Waals surface area (Å²) >= 11 is 0. The van der Waals surface area contributed by atoms with E-state index in [1.807, 2.05) is 17.9 Å². The highest BCUT2D eigenvalue weighted by Crippen LogP contribution is 2.22. The lowest BCUT2D eigenvalue weighted by Crippen LogP contribution is -2.37. The standard InChI is InChI=1S/C14H15FN4O/c1-10-6-11(8-16-7-10)13-17-9-12(15)14(18-13)19-2-4-20-5-3-19/h6-9H,2-5H2,1H3. The summed E-state index contributed by atoms with van der Waals surface area (Å²) in [5, 5.41) is 0. The number of nitrogens with zero attached hydrogens (tertiary/aromatic N) is 4. The fourth-order valence-corrected chi connectivity index (χ4v) is 2.17. The molecule has 104 valence electrons. The summed E-state index contributed by atoms with van der Waals surface area (Å²) in [5.74, 6) is 0.417. The van der Waals surface area contributed by atoms with E-state index in [0.717, 1.165) is 11.1 Å². The monoisotopic (exact) mass is 274 g/mol. The molecule has 0 saturated carbocycles. The van der Waals surface area contributed by atoms with Crippen LogP contribution in [0.3, 0.4) is 0 Å². The predicted molar refractivity (Wildman–Crippen MR) is 73.0 cm³/mol. The minimum Gasteiger partial charge on any atom is -0.378 e. The van der Waals surface area contributed by atoms with Crippen LogP contribution < -0.4 is 4.90 Å². The molecule has 2 aromatic rings. The number of hydrogen-bond acceptors (Lipinski definition) is 5. The summed E-state index contributed by atoms with van der Waals surface area (Å²) in [6, 6.07) is 1.93. The van der Waals surface area contributed by atoms with Crippen LogP contribution in [-0.2, 0) is 4.74 Å². The van der Waals surface area contributed by atoms with Gasteiger partial charge in [0.2, 0.25) is 0 Å². The average molecular weight is 274 g/mol. The lowest BCUT2D eigenvalue weighted by atomic mass is 10.2. The molecule has 0 unspecified atom stereocenters. The first-order chi connectivity index (χ1) is 9.74. The van der Waals surface area contributed by atoms with E-state index in [1.165, 1.54) is 6.20 Å². The Hall–Kier alpha value is -2.08.